The Kier molecular flexibility index (Phi) is 7.63. The highest BCUT2D eigenvalue weighted by Crippen LogP contribution is 2.39. The van der Waals surface area contributed by atoms with Crippen molar-refractivity contribution < 1.29 is 26.3 Å². The SMILES string of the molecule is Cc1ccc(S(=O)(=O)n2cc(C(F)(F)F)c3cc(-c4cnc5c(c4)n(CC4CCOCC4)c(=O)n5C4=CCCCC4)cnc32)cc1. The molecule has 1 aliphatic carbocycles. The van der Waals surface area contributed by atoms with Gasteiger partial charge < -0.3 is 4.74 Å². The molecule has 240 valence electrons. The fourth-order valence-electron chi connectivity index (χ4n) is 6.41. The molecule has 2 aliphatic rings. The second kappa shape index (κ2) is 11.5. The van der Waals surface area contributed by atoms with Crippen molar-refractivity contribution in [2.75, 3.05) is 13.2 Å². The fourth-order valence-corrected chi connectivity index (χ4v) is 7.73. The van der Waals surface area contributed by atoms with Crippen molar-refractivity contribution >= 4 is 37.9 Å². The van der Waals surface area contributed by atoms with Gasteiger partial charge in [-0.3, -0.25) is 4.57 Å². The van der Waals surface area contributed by atoms with Crippen LogP contribution in [-0.2, 0) is 27.5 Å². The van der Waals surface area contributed by atoms with Gasteiger partial charge in [-0.05, 0) is 75.6 Å². The summed E-state index contributed by atoms with van der Waals surface area (Å²) in [4.78, 5) is 22.7. The summed E-state index contributed by atoms with van der Waals surface area (Å²) in [6, 6.07) is 8.92. The molecular formula is C33H32F3N5O4S. The monoisotopic (exact) mass is 651 g/mol. The number of allylic oxidation sites excluding steroid dienone is 2. The first-order chi connectivity index (χ1) is 22.0. The van der Waals surface area contributed by atoms with Gasteiger partial charge in [-0.2, -0.15) is 13.2 Å². The Morgan fingerprint density at radius 2 is 1.67 bits per heavy atom. The van der Waals surface area contributed by atoms with Crippen LogP contribution >= 0.6 is 0 Å². The second-order valence-electron chi connectivity index (χ2n) is 12.0. The van der Waals surface area contributed by atoms with Crippen LogP contribution in [-0.4, -0.2) is 44.7 Å². The van der Waals surface area contributed by atoms with Crippen LogP contribution in [0.5, 0.6) is 0 Å². The topological polar surface area (TPSA) is 101 Å². The number of hydrogen-bond acceptors (Lipinski definition) is 6. The summed E-state index contributed by atoms with van der Waals surface area (Å²) in [6.45, 7) is 3.50. The van der Waals surface area contributed by atoms with E-state index in [0.717, 1.165) is 49.8 Å². The van der Waals surface area contributed by atoms with E-state index < -0.39 is 21.8 Å². The Hall–Kier alpha value is -4.23. The van der Waals surface area contributed by atoms with Crippen molar-refractivity contribution in [1.29, 1.82) is 0 Å². The van der Waals surface area contributed by atoms with Crippen LogP contribution in [0.2, 0.25) is 0 Å². The number of imidazole rings is 1. The van der Waals surface area contributed by atoms with Gasteiger partial charge in [0.15, 0.2) is 11.3 Å². The maximum atomic E-state index is 14.3. The standard InChI is InChI=1S/C33H32F3N5O4S/c1-21-7-9-26(10-8-21)46(43,44)40-20-28(33(34,35)36)27-15-23(17-37-30(27)40)24-16-29-31(38-18-24)41(25-5-3-2-4-6-25)32(42)39(29)19-22-11-13-45-14-12-22/h5,7-10,15-18,20,22H,2-4,6,11-14,19H2,1H3. The highest BCUT2D eigenvalue weighted by Gasteiger charge is 2.37. The smallest absolute Gasteiger partial charge is 0.381 e. The molecule has 0 amide bonds. The minimum absolute atomic E-state index is 0.149. The predicted octanol–water partition coefficient (Wildman–Crippen LogP) is 6.62. The highest BCUT2D eigenvalue weighted by atomic mass is 32.2. The molecule has 0 unspecified atom stereocenters. The first-order valence-electron chi connectivity index (χ1n) is 15.3. The molecule has 5 aromatic rings. The molecule has 1 aromatic carbocycles. The van der Waals surface area contributed by atoms with Gasteiger partial charge in [0.05, 0.1) is 16.0 Å². The maximum Gasteiger partial charge on any atom is 0.418 e. The van der Waals surface area contributed by atoms with Crippen LogP contribution in [0, 0.1) is 12.8 Å². The second-order valence-corrected chi connectivity index (χ2v) is 13.9. The number of ether oxygens (including phenoxy) is 1. The number of halogens is 3. The molecule has 4 aromatic heterocycles. The van der Waals surface area contributed by atoms with Crippen LogP contribution in [0.1, 0.15) is 49.7 Å². The number of alkyl halides is 3. The lowest BCUT2D eigenvalue weighted by molar-refractivity contribution is -0.136. The van der Waals surface area contributed by atoms with Gasteiger partial charge in [0.1, 0.15) is 0 Å². The molecule has 7 rings (SSSR count). The number of hydrogen-bond donors (Lipinski definition) is 0. The number of rotatable bonds is 6. The number of aromatic nitrogens is 5. The fraction of sp³-hybridized carbons (Fsp3) is 0.364. The summed E-state index contributed by atoms with van der Waals surface area (Å²) in [6.07, 6.45) is 5.97. The van der Waals surface area contributed by atoms with E-state index in [0.29, 0.717) is 52.2 Å². The summed E-state index contributed by atoms with van der Waals surface area (Å²) >= 11 is 0. The quantitative estimate of drug-likeness (QED) is 0.205. The normalized spacial score (nSPS) is 16.7. The molecular weight excluding hydrogens is 619 g/mol. The van der Waals surface area contributed by atoms with E-state index in [-0.39, 0.29) is 27.5 Å². The summed E-state index contributed by atoms with van der Waals surface area (Å²) in [7, 11) is -4.37. The molecule has 1 saturated heterocycles. The maximum absolute atomic E-state index is 14.3. The number of nitrogens with zero attached hydrogens (tertiary/aromatic N) is 5. The molecule has 5 heterocycles. The van der Waals surface area contributed by atoms with E-state index in [1.807, 2.05) is 0 Å². The van der Waals surface area contributed by atoms with E-state index in [9.17, 15) is 26.4 Å². The van der Waals surface area contributed by atoms with Crippen molar-refractivity contribution in [3.63, 3.8) is 0 Å². The van der Waals surface area contributed by atoms with Crippen LogP contribution < -0.4 is 5.69 Å². The molecule has 0 saturated carbocycles. The highest BCUT2D eigenvalue weighted by molar-refractivity contribution is 7.90. The van der Waals surface area contributed by atoms with Gasteiger partial charge in [0, 0.05) is 60.6 Å². The van der Waals surface area contributed by atoms with Crippen LogP contribution in [0.15, 0.2) is 70.8 Å². The summed E-state index contributed by atoms with van der Waals surface area (Å²) in [5, 5.41) is -0.356. The lowest BCUT2D eigenvalue weighted by Crippen LogP contribution is -2.29. The lowest BCUT2D eigenvalue weighted by atomic mass is 10.0. The van der Waals surface area contributed by atoms with Crippen molar-refractivity contribution in [3.05, 3.63) is 82.7 Å². The average Bonchev–Trinajstić information content (AvgIpc) is 3.58. The summed E-state index contributed by atoms with van der Waals surface area (Å²) in [5.41, 5.74) is 1.92. The van der Waals surface area contributed by atoms with E-state index >= 15 is 0 Å². The van der Waals surface area contributed by atoms with E-state index in [4.69, 9.17) is 4.74 Å². The molecule has 0 bridgehead atoms. The van der Waals surface area contributed by atoms with Crippen molar-refractivity contribution in [1.82, 2.24) is 23.1 Å². The van der Waals surface area contributed by atoms with E-state index in [2.05, 4.69) is 16.0 Å². The van der Waals surface area contributed by atoms with Crippen molar-refractivity contribution in [2.24, 2.45) is 5.92 Å². The molecule has 0 radical (unpaired) electrons. The number of aryl methyl sites for hydroxylation is 1. The Morgan fingerprint density at radius 3 is 2.35 bits per heavy atom. The largest absolute Gasteiger partial charge is 0.418 e. The molecule has 46 heavy (non-hydrogen) atoms. The lowest BCUT2D eigenvalue weighted by Gasteiger charge is -2.22. The molecule has 1 fully saturated rings. The number of fused-ring (bicyclic) bond motifs is 2. The van der Waals surface area contributed by atoms with Crippen molar-refractivity contribution in [3.8, 4) is 11.1 Å². The molecule has 1 aliphatic heterocycles. The van der Waals surface area contributed by atoms with Gasteiger partial charge in [0.25, 0.3) is 10.0 Å². The van der Waals surface area contributed by atoms with E-state index in [1.165, 1.54) is 30.6 Å². The van der Waals surface area contributed by atoms with Crippen LogP contribution in [0.25, 0.3) is 39.0 Å². The summed E-state index contributed by atoms with van der Waals surface area (Å²) in [5.74, 6) is 0.233. The molecule has 0 spiro atoms. The molecule has 0 N–H and O–H groups in total. The Balaban J connectivity index is 1.38. The number of pyridine rings is 2. The minimum Gasteiger partial charge on any atom is -0.381 e. The third-order valence-corrected chi connectivity index (χ3v) is 10.6. The zero-order valence-corrected chi connectivity index (χ0v) is 25.9. The average molecular weight is 652 g/mol. The van der Waals surface area contributed by atoms with Gasteiger partial charge in [-0.15, -0.1) is 0 Å². The zero-order valence-electron chi connectivity index (χ0n) is 25.1. The van der Waals surface area contributed by atoms with Gasteiger partial charge >= 0.3 is 11.9 Å². The third-order valence-electron chi connectivity index (χ3n) is 8.94. The zero-order chi connectivity index (χ0) is 32.2. The Bertz CT molecular complexity index is 2160. The van der Waals surface area contributed by atoms with Gasteiger partial charge in [0.2, 0.25) is 0 Å². The van der Waals surface area contributed by atoms with Crippen LogP contribution in [0.3, 0.4) is 0 Å². The Morgan fingerprint density at radius 1 is 0.978 bits per heavy atom. The minimum atomic E-state index is -4.84. The Labute approximate surface area is 263 Å². The van der Waals surface area contributed by atoms with Gasteiger partial charge in [-0.25, -0.2) is 31.7 Å². The van der Waals surface area contributed by atoms with E-state index in [1.54, 1.807) is 34.3 Å². The first kappa shape index (κ1) is 30.4. The molecule has 13 heteroatoms. The molecule has 0 atom stereocenters. The molecule has 9 nitrogen and oxygen atoms in total. The predicted molar refractivity (Wildman–Crippen MR) is 168 cm³/mol. The van der Waals surface area contributed by atoms with Gasteiger partial charge in [-0.1, -0.05) is 23.8 Å². The van der Waals surface area contributed by atoms with Crippen molar-refractivity contribution in [2.45, 2.75) is 63.1 Å². The number of benzene rings is 1. The first-order valence-corrected chi connectivity index (χ1v) is 16.8. The third kappa shape index (κ3) is 5.34. The summed E-state index contributed by atoms with van der Waals surface area (Å²) < 4.78 is 79.4. The van der Waals surface area contributed by atoms with Crippen LogP contribution in [0.4, 0.5) is 13.2 Å².